The van der Waals surface area contributed by atoms with Gasteiger partial charge in [-0.05, 0) is 50.3 Å². The van der Waals surface area contributed by atoms with Crippen molar-refractivity contribution in [2.24, 2.45) is 11.7 Å². The monoisotopic (exact) mass is 250 g/mol. The number of aromatic nitrogens is 1. The molecule has 1 saturated carbocycles. The minimum absolute atomic E-state index is 0.460. The number of hydrogen-bond acceptors (Lipinski definition) is 3. The summed E-state index contributed by atoms with van der Waals surface area (Å²) in [6, 6.07) is 3.70. The second kappa shape index (κ2) is 3.47. The first-order chi connectivity index (χ1) is 7.98. The van der Waals surface area contributed by atoms with Crippen molar-refractivity contribution in [2.45, 2.75) is 32.2 Å². The van der Waals surface area contributed by atoms with Crippen molar-refractivity contribution in [1.82, 2.24) is 4.98 Å². The third-order valence-electron chi connectivity index (χ3n) is 3.53. The summed E-state index contributed by atoms with van der Waals surface area (Å²) in [5.41, 5.74) is 8.43. The Morgan fingerprint density at radius 1 is 1.47 bits per heavy atom. The van der Waals surface area contributed by atoms with Gasteiger partial charge in [0.25, 0.3) is 0 Å². The van der Waals surface area contributed by atoms with E-state index >= 15 is 0 Å². The fraction of sp³-hybridized carbons (Fsp3) is 0.462. The van der Waals surface area contributed by atoms with Gasteiger partial charge in [-0.1, -0.05) is 11.6 Å². The van der Waals surface area contributed by atoms with Crippen molar-refractivity contribution >= 4 is 22.7 Å². The van der Waals surface area contributed by atoms with E-state index in [2.05, 4.69) is 4.98 Å². The van der Waals surface area contributed by atoms with Gasteiger partial charge in [0.15, 0.2) is 5.58 Å². The van der Waals surface area contributed by atoms with Gasteiger partial charge in [-0.15, -0.1) is 0 Å². The molecule has 2 aromatic rings. The van der Waals surface area contributed by atoms with Crippen LogP contribution in [0.4, 0.5) is 0 Å². The summed E-state index contributed by atoms with van der Waals surface area (Å²) in [6.45, 7) is 3.96. The maximum absolute atomic E-state index is 6.31. The van der Waals surface area contributed by atoms with Gasteiger partial charge in [-0.25, -0.2) is 4.98 Å². The van der Waals surface area contributed by atoms with Crippen LogP contribution in [0.5, 0.6) is 0 Å². The largest absolute Gasteiger partial charge is 0.438 e. The van der Waals surface area contributed by atoms with Crippen LogP contribution in [0.15, 0.2) is 16.5 Å². The third kappa shape index (κ3) is 1.74. The van der Waals surface area contributed by atoms with E-state index in [4.69, 9.17) is 21.8 Å². The van der Waals surface area contributed by atoms with Crippen molar-refractivity contribution in [2.75, 3.05) is 0 Å². The quantitative estimate of drug-likeness (QED) is 0.889. The zero-order valence-corrected chi connectivity index (χ0v) is 10.7. The molecule has 17 heavy (non-hydrogen) atoms. The average molecular weight is 251 g/mol. The highest BCUT2D eigenvalue weighted by Gasteiger charge is 2.43. The molecule has 3 rings (SSSR count). The van der Waals surface area contributed by atoms with Crippen LogP contribution in [-0.4, -0.2) is 4.98 Å². The van der Waals surface area contributed by atoms with E-state index in [0.717, 1.165) is 29.5 Å². The summed E-state index contributed by atoms with van der Waals surface area (Å²) >= 11 is 6.01. The predicted octanol–water partition coefficient (Wildman–Crippen LogP) is 3.37. The van der Waals surface area contributed by atoms with Crippen LogP contribution < -0.4 is 5.73 Å². The van der Waals surface area contributed by atoms with Gasteiger partial charge in [-0.3, -0.25) is 0 Å². The van der Waals surface area contributed by atoms with Gasteiger partial charge in [-0.2, -0.15) is 0 Å². The van der Waals surface area contributed by atoms with Gasteiger partial charge < -0.3 is 10.2 Å². The molecule has 0 bridgehead atoms. The highest BCUT2D eigenvalue weighted by atomic mass is 35.5. The fourth-order valence-corrected chi connectivity index (χ4v) is 2.51. The van der Waals surface area contributed by atoms with Crippen LogP contribution >= 0.6 is 11.6 Å². The SMILES string of the molecule is Cc1cc(Cl)cc2nc(C(C)(N)C3CC3)oc12. The summed E-state index contributed by atoms with van der Waals surface area (Å²) in [5, 5.41) is 0.681. The first kappa shape index (κ1) is 11.1. The lowest BCUT2D eigenvalue weighted by Crippen LogP contribution is -2.35. The molecule has 0 radical (unpaired) electrons. The third-order valence-corrected chi connectivity index (χ3v) is 3.74. The molecule has 1 fully saturated rings. The minimum Gasteiger partial charge on any atom is -0.438 e. The van der Waals surface area contributed by atoms with E-state index in [1.54, 1.807) is 0 Å². The number of nitrogens with zero attached hydrogens (tertiary/aromatic N) is 1. The Kier molecular flexibility index (Phi) is 2.25. The maximum atomic E-state index is 6.31. The Bertz CT molecular complexity index is 584. The average Bonchev–Trinajstić information content (AvgIpc) is 2.99. The first-order valence-electron chi connectivity index (χ1n) is 5.84. The standard InChI is InChI=1S/C13H15ClN2O/c1-7-5-9(14)6-10-11(7)17-12(16-10)13(2,15)8-3-4-8/h5-6,8H,3-4,15H2,1-2H3. The molecular formula is C13H15ClN2O. The zero-order valence-electron chi connectivity index (χ0n) is 9.96. The molecule has 1 atom stereocenters. The number of benzene rings is 1. The van der Waals surface area contributed by atoms with Gasteiger partial charge in [0.2, 0.25) is 5.89 Å². The highest BCUT2D eigenvalue weighted by molar-refractivity contribution is 6.31. The minimum atomic E-state index is -0.460. The van der Waals surface area contributed by atoms with Crippen molar-refractivity contribution < 1.29 is 4.42 Å². The molecule has 2 N–H and O–H groups in total. The molecule has 1 aromatic heterocycles. The molecule has 1 aliphatic rings. The van der Waals surface area contributed by atoms with E-state index < -0.39 is 5.54 Å². The summed E-state index contributed by atoms with van der Waals surface area (Å²) in [5.74, 6) is 1.12. The molecule has 90 valence electrons. The van der Waals surface area contributed by atoms with Crippen molar-refractivity contribution in [3.63, 3.8) is 0 Å². The molecule has 1 heterocycles. The number of rotatable bonds is 2. The number of nitrogens with two attached hydrogens (primary N) is 1. The molecular weight excluding hydrogens is 236 g/mol. The summed E-state index contributed by atoms with van der Waals surface area (Å²) in [6.07, 6.45) is 2.32. The van der Waals surface area contributed by atoms with Crippen LogP contribution in [0.3, 0.4) is 0 Å². The molecule has 0 amide bonds. The van der Waals surface area contributed by atoms with Crippen LogP contribution in [0, 0.1) is 12.8 Å². The molecule has 3 nitrogen and oxygen atoms in total. The lowest BCUT2D eigenvalue weighted by atomic mass is 9.97. The Hall–Kier alpha value is -1.06. The van der Waals surface area contributed by atoms with Crippen LogP contribution in [-0.2, 0) is 5.54 Å². The molecule has 0 spiro atoms. The van der Waals surface area contributed by atoms with Gasteiger partial charge in [0, 0.05) is 5.02 Å². The Morgan fingerprint density at radius 2 is 2.18 bits per heavy atom. The lowest BCUT2D eigenvalue weighted by molar-refractivity contribution is 0.326. The van der Waals surface area contributed by atoms with Crippen LogP contribution in [0.25, 0.3) is 11.1 Å². The number of hydrogen-bond donors (Lipinski definition) is 1. The summed E-state index contributed by atoms with van der Waals surface area (Å²) < 4.78 is 5.83. The van der Waals surface area contributed by atoms with E-state index in [1.165, 1.54) is 0 Å². The van der Waals surface area contributed by atoms with E-state index in [9.17, 15) is 0 Å². The lowest BCUT2D eigenvalue weighted by Gasteiger charge is -2.19. The van der Waals surface area contributed by atoms with Gasteiger partial charge in [0.1, 0.15) is 5.52 Å². The topological polar surface area (TPSA) is 52.0 Å². The van der Waals surface area contributed by atoms with Gasteiger partial charge >= 0.3 is 0 Å². The molecule has 4 heteroatoms. The number of aryl methyl sites for hydroxylation is 1. The normalized spacial score (nSPS) is 19.5. The van der Waals surface area contributed by atoms with E-state index in [1.807, 2.05) is 26.0 Å². The van der Waals surface area contributed by atoms with Crippen LogP contribution in [0.1, 0.15) is 31.2 Å². The predicted molar refractivity (Wildman–Crippen MR) is 68.0 cm³/mol. The molecule has 1 aromatic carbocycles. The van der Waals surface area contributed by atoms with Crippen LogP contribution in [0.2, 0.25) is 5.02 Å². The van der Waals surface area contributed by atoms with Crippen molar-refractivity contribution in [3.8, 4) is 0 Å². The first-order valence-corrected chi connectivity index (χ1v) is 6.22. The molecule has 1 aliphatic carbocycles. The zero-order chi connectivity index (χ0) is 12.2. The highest BCUT2D eigenvalue weighted by Crippen LogP contribution is 2.44. The Labute approximate surface area is 105 Å². The van der Waals surface area contributed by atoms with Crippen molar-refractivity contribution in [3.05, 3.63) is 28.6 Å². The summed E-state index contributed by atoms with van der Waals surface area (Å²) in [7, 11) is 0. The number of oxazole rings is 1. The van der Waals surface area contributed by atoms with E-state index in [-0.39, 0.29) is 0 Å². The summed E-state index contributed by atoms with van der Waals surface area (Å²) in [4.78, 5) is 4.49. The fourth-order valence-electron chi connectivity index (χ4n) is 2.24. The smallest absolute Gasteiger partial charge is 0.215 e. The number of halogens is 1. The maximum Gasteiger partial charge on any atom is 0.215 e. The van der Waals surface area contributed by atoms with E-state index in [0.29, 0.717) is 16.8 Å². The van der Waals surface area contributed by atoms with Crippen molar-refractivity contribution in [1.29, 1.82) is 0 Å². The Balaban J connectivity index is 2.16. The molecule has 1 unspecified atom stereocenters. The number of fused-ring (bicyclic) bond motifs is 1. The molecule has 0 saturated heterocycles. The second-order valence-electron chi connectivity index (χ2n) is 5.15. The molecule has 0 aliphatic heterocycles. The second-order valence-corrected chi connectivity index (χ2v) is 5.58. The Morgan fingerprint density at radius 3 is 2.82 bits per heavy atom. The van der Waals surface area contributed by atoms with Gasteiger partial charge in [0.05, 0.1) is 5.54 Å².